The molecule has 4 rings (SSSR count). The highest BCUT2D eigenvalue weighted by Crippen LogP contribution is 2.37. The van der Waals surface area contributed by atoms with E-state index in [-0.39, 0.29) is 36.9 Å². The Balaban J connectivity index is 1.63. The molecule has 7 nitrogen and oxygen atoms in total. The Morgan fingerprint density at radius 2 is 1.74 bits per heavy atom. The Kier molecular flexibility index (Phi) is 6.54. The number of carbonyl (C=O) groups excluding carboxylic acids is 3. The van der Waals surface area contributed by atoms with Crippen LogP contribution in [0.4, 0.5) is 5.69 Å². The lowest BCUT2D eigenvalue weighted by molar-refractivity contribution is -0.139. The lowest BCUT2D eigenvalue weighted by Crippen LogP contribution is -2.51. The maximum Gasteiger partial charge on any atom is 0.259 e. The number of nitrogens with one attached hydrogen (secondary N) is 1. The lowest BCUT2D eigenvalue weighted by atomic mass is 10.1. The van der Waals surface area contributed by atoms with Gasteiger partial charge in [0.15, 0.2) is 0 Å². The fourth-order valence-electron chi connectivity index (χ4n) is 4.32. The van der Waals surface area contributed by atoms with Crippen molar-refractivity contribution in [2.75, 3.05) is 18.6 Å². The second-order valence-corrected chi connectivity index (χ2v) is 8.78. The number of anilines is 1. The lowest BCUT2D eigenvalue weighted by Gasteiger charge is -2.31. The van der Waals surface area contributed by atoms with E-state index in [9.17, 15) is 14.4 Å². The second kappa shape index (κ2) is 9.55. The molecule has 7 heteroatoms. The highest BCUT2D eigenvalue weighted by atomic mass is 16.5. The molecule has 1 aliphatic heterocycles. The van der Waals surface area contributed by atoms with Crippen LogP contribution >= 0.6 is 0 Å². The van der Waals surface area contributed by atoms with Gasteiger partial charge in [-0.05, 0) is 56.0 Å². The van der Waals surface area contributed by atoms with Crippen LogP contribution in [0.1, 0.15) is 36.7 Å². The Hall–Kier alpha value is -3.87. The summed E-state index contributed by atoms with van der Waals surface area (Å²) in [6, 6.07) is 17.9. The van der Waals surface area contributed by atoms with Crippen molar-refractivity contribution in [2.45, 2.75) is 39.4 Å². The van der Waals surface area contributed by atoms with Crippen molar-refractivity contribution in [1.82, 2.24) is 10.2 Å². The van der Waals surface area contributed by atoms with Gasteiger partial charge in [-0.1, -0.05) is 36.4 Å². The summed E-state index contributed by atoms with van der Waals surface area (Å²) in [5.41, 5.74) is 2.13. The molecule has 0 saturated carbocycles. The van der Waals surface area contributed by atoms with Gasteiger partial charge >= 0.3 is 0 Å². The molecule has 0 saturated heterocycles. The summed E-state index contributed by atoms with van der Waals surface area (Å²) < 4.78 is 5.31. The van der Waals surface area contributed by atoms with Gasteiger partial charge in [0.05, 0.1) is 12.8 Å². The fourth-order valence-corrected chi connectivity index (χ4v) is 4.32. The van der Waals surface area contributed by atoms with Crippen molar-refractivity contribution >= 4 is 34.2 Å². The van der Waals surface area contributed by atoms with Gasteiger partial charge in [-0.15, -0.1) is 0 Å². The smallest absolute Gasteiger partial charge is 0.259 e. The summed E-state index contributed by atoms with van der Waals surface area (Å²) >= 11 is 0. The van der Waals surface area contributed by atoms with Crippen molar-refractivity contribution in [1.29, 1.82) is 0 Å². The number of hydrogen-bond donors (Lipinski definition) is 1. The zero-order valence-electron chi connectivity index (χ0n) is 19.9. The monoisotopic (exact) mass is 459 g/mol. The fraction of sp³-hybridized carbons (Fsp3) is 0.296. The molecule has 3 amide bonds. The predicted molar refractivity (Wildman–Crippen MR) is 132 cm³/mol. The van der Waals surface area contributed by atoms with Crippen LogP contribution in [0.5, 0.6) is 5.75 Å². The minimum absolute atomic E-state index is 0.0593. The third kappa shape index (κ3) is 4.46. The van der Waals surface area contributed by atoms with E-state index < -0.39 is 6.04 Å². The number of methoxy groups -OCH3 is 1. The molecule has 0 spiro atoms. The number of amides is 3. The summed E-state index contributed by atoms with van der Waals surface area (Å²) in [4.78, 5) is 42.7. The molecule has 1 unspecified atom stereocenters. The third-order valence-corrected chi connectivity index (χ3v) is 6.03. The Morgan fingerprint density at radius 3 is 2.44 bits per heavy atom. The van der Waals surface area contributed by atoms with E-state index in [1.165, 1.54) is 9.80 Å². The molecule has 0 aliphatic carbocycles. The third-order valence-electron chi connectivity index (χ3n) is 6.03. The van der Waals surface area contributed by atoms with E-state index in [0.717, 1.165) is 16.3 Å². The first kappa shape index (κ1) is 23.3. The van der Waals surface area contributed by atoms with Crippen LogP contribution in [0.25, 0.3) is 10.8 Å². The van der Waals surface area contributed by atoms with Crippen LogP contribution in [-0.2, 0) is 16.1 Å². The molecule has 1 aliphatic rings. The van der Waals surface area contributed by atoms with E-state index in [0.29, 0.717) is 17.0 Å². The minimum atomic E-state index is -0.725. The molecule has 1 heterocycles. The molecule has 0 bridgehead atoms. The van der Waals surface area contributed by atoms with E-state index in [4.69, 9.17) is 4.74 Å². The topological polar surface area (TPSA) is 79.0 Å². The van der Waals surface area contributed by atoms with Gasteiger partial charge in [-0.2, -0.15) is 0 Å². The van der Waals surface area contributed by atoms with E-state index in [1.807, 2.05) is 68.4 Å². The Morgan fingerprint density at radius 1 is 1.03 bits per heavy atom. The van der Waals surface area contributed by atoms with Crippen LogP contribution in [0, 0.1) is 0 Å². The number of ether oxygens (including phenoxy) is 1. The predicted octanol–water partition coefficient (Wildman–Crippen LogP) is 3.75. The number of hydrogen-bond acceptors (Lipinski definition) is 4. The van der Waals surface area contributed by atoms with Crippen LogP contribution in [0.2, 0.25) is 0 Å². The summed E-state index contributed by atoms with van der Waals surface area (Å²) in [7, 11) is 1.58. The first-order valence-corrected chi connectivity index (χ1v) is 11.4. The van der Waals surface area contributed by atoms with Gasteiger partial charge in [0.25, 0.3) is 5.91 Å². The Labute approximate surface area is 199 Å². The van der Waals surface area contributed by atoms with Gasteiger partial charge in [-0.3, -0.25) is 19.3 Å². The van der Waals surface area contributed by atoms with E-state index in [2.05, 4.69) is 5.32 Å². The molecular formula is C27H29N3O4. The maximum absolute atomic E-state index is 13.6. The van der Waals surface area contributed by atoms with Gasteiger partial charge in [0, 0.05) is 23.5 Å². The van der Waals surface area contributed by atoms with Gasteiger partial charge in [0.2, 0.25) is 11.8 Å². The standard InChI is InChI=1S/C27H29N3O4/c1-17(2)28-26(32)18(3)29(15-19-8-5-11-21(14-19)34-4)24(31)16-30-23-13-7-10-20-9-6-12-22(25(20)23)27(30)33/h5-14,17-18H,15-16H2,1-4H3,(H,28,32). The summed E-state index contributed by atoms with van der Waals surface area (Å²) in [6.07, 6.45) is 0. The largest absolute Gasteiger partial charge is 0.497 e. The molecule has 34 heavy (non-hydrogen) atoms. The average molecular weight is 460 g/mol. The Bertz CT molecular complexity index is 1250. The quantitative estimate of drug-likeness (QED) is 0.557. The normalized spacial score (nSPS) is 13.3. The summed E-state index contributed by atoms with van der Waals surface area (Å²) in [5.74, 6) is -0.0986. The maximum atomic E-state index is 13.6. The van der Waals surface area contributed by atoms with Crippen molar-refractivity contribution in [3.05, 3.63) is 71.8 Å². The number of carbonyl (C=O) groups is 3. The summed E-state index contributed by atoms with van der Waals surface area (Å²) in [6.45, 7) is 5.51. The van der Waals surface area contributed by atoms with Crippen LogP contribution in [0.3, 0.4) is 0 Å². The minimum Gasteiger partial charge on any atom is -0.497 e. The zero-order valence-corrected chi connectivity index (χ0v) is 19.9. The van der Waals surface area contributed by atoms with Crippen molar-refractivity contribution in [2.24, 2.45) is 0 Å². The van der Waals surface area contributed by atoms with Gasteiger partial charge in [-0.25, -0.2) is 0 Å². The van der Waals surface area contributed by atoms with Crippen molar-refractivity contribution in [3.8, 4) is 5.75 Å². The highest BCUT2D eigenvalue weighted by molar-refractivity contribution is 6.26. The van der Waals surface area contributed by atoms with E-state index >= 15 is 0 Å². The zero-order chi connectivity index (χ0) is 24.4. The summed E-state index contributed by atoms with van der Waals surface area (Å²) in [5, 5.41) is 4.69. The first-order valence-electron chi connectivity index (χ1n) is 11.4. The highest BCUT2D eigenvalue weighted by Gasteiger charge is 2.34. The molecule has 3 aromatic carbocycles. The van der Waals surface area contributed by atoms with Gasteiger partial charge in [0.1, 0.15) is 18.3 Å². The molecule has 1 N–H and O–H groups in total. The van der Waals surface area contributed by atoms with Crippen molar-refractivity contribution < 1.29 is 19.1 Å². The number of rotatable bonds is 8. The van der Waals surface area contributed by atoms with Crippen molar-refractivity contribution in [3.63, 3.8) is 0 Å². The molecule has 1 atom stereocenters. The molecular weight excluding hydrogens is 430 g/mol. The molecule has 3 aromatic rings. The van der Waals surface area contributed by atoms with Gasteiger partial charge < -0.3 is 15.0 Å². The van der Waals surface area contributed by atoms with E-state index in [1.54, 1.807) is 20.1 Å². The number of nitrogens with zero attached hydrogens (tertiary/aromatic N) is 2. The number of benzene rings is 3. The van der Waals surface area contributed by atoms with Crippen LogP contribution in [-0.4, -0.2) is 48.4 Å². The first-order chi connectivity index (χ1) is 16.3. The van der Waals surface area contributed by atoms with Crippen LogP contribution < -0.4 is 15.0 Å². The SMILES string of the molecule is COc1cccc(CN(C(=O)CN2C(=O)c3cccc4cccc2c34)C(C)C(=O)NC(C)C)c1. The molecule has 176 valence electrons. The average Bonchev–Trinajstić information content (AvgIpc) is 3.09. The molecule has 0 radical (unpaired) electrons. The molecule has 0 fully saturated rings. The van der Waals surface area contributed by atoms with Crippen LogP contribution in [0.15, 0.2) is 60.7 Å². The molecule has 0 aromatic heterocycles. The second-order valence-electron chi connectivity index (χ2n) is 8.78.